The van der Waals surface area contributed by atoms with Crippen LogP contribution in [0.4, 0.5) is 0 Å². The zero-order valence-corrected chi connectivity index (χ0v) is 25.4. The van der Waals surface area contributed by atoms with Crippen LogP contribution in [0.5, 0.6) is 11.5 Å². The van der Waals surface area contributed by atoms with Gasteiger partial charge in [0.25, 0.3) is 0 Å². The Morgan fingerprint density at radius 3 is 1.23 bits per heavy atom. The standard InChI is InChI=1S/2C11H17ClOSi.2ClH.Ti/c2*1-14(2,12)9-5-7-10-6-3-4-8-11(10)13;;;/h2*3-4,6,8,13H,5,7,9H2,1-2H3;2*1H;/q;;;;+2/p-2. The summed E-state index contributed by atoms with van der Waals surface area (Å²) in [5, 5.41) is 19.0. The summed E-state index contributed by atoms with van der Waals surface area (Å²) in [4.78, 5) is 0. The van der Waals surface area contributed by atoms with Crippen LogP contribution in [0.15, 0.2) is 48.5 Å². The predicted molar refractivity (Wildman–Crippen MR) is 141 cm³/mol. The second-order valence-corrected chi connectivity index (χ2v) is 25.1. The van der Waals surface area contributed by atoms with Gasteiger partial charge in [-0.05, 0) is 48.2 Å². The van der Waals surface area contributed by atoms with Crippen molar-refractivity contribution in [3.05, 3.63) is 59.7 Å². The molecule has 0 aliphatic carbocycles. The molecule has 9 heteroatoms. The Balaban J connectivity index is 0.000000516. The molecule has 0 heterocycles. The van der Waals surface area contributed by atoms with E-state index < -0.39 is 31.8 Å². The molecule has 2 N–H and O–H groups in total. The molecule has 0 spiro atoms. The van der Waals surface area contributed by atoms with Crippen LogP contribution in [0.25, 0.3) is 0 Å². The summed E-state index contributed by atoms with van der Waals surface area (Å²) < 4.78 is 0. The first-order valence-electron chi connectivity index (χ1n) is 10.3. The summed E-state index contributed by atoms with van der Waals surface area (Å²) in [6.07, 6.45) is 3.99. The van der Waals surface area contributed by atoms with E-state index in [1.807, 2.05) is 36.4 Å². The number of hydrogen-bond acceptors (Lipinski definition) is 2. The Bertz CT molecular complexity index is 676. The number of para-hydroxylation sites is 2. The van der Waals surface area contributed by atoms with Crippen molar-refractivity contribution in [1.29, 1.82) is 0 Å². The van der Waals surface area contributed by atoms with Gasteiger partial charge in [0, 0.05) is 0 Å². The molecule has 0 radical (unpaired) electrons. The van der Waals surface area contributed by atoms with Crippen LogP contribution in [0.2, 0.25) is 38.3 Å². The molecule has 0 unspecified atom stereocenters. The van der Waals surface area contributed by atoms with Crippen molar-refractivity contribution in [2.75, 3.05) is 0 Å². The van der Waals surface area contributed by atoms with Gasteiger partial charge in [-0.3, -0.25) is 0 Å². The molecule has 2 rings (SSSR count). The Morgan fingerprint density at radius 1 is 0.677 bits per heavy atom. The number of aryl methyl sites for hydroxylation is 2. The van der Waals surface area contributed by atoms with Gasteiger partial charge in [0.2, 0.25) is 0 Å². The van der Waals surface area contributed by atoms with Gasteiger partial charge >= 0.3 is 35.6 Å². The molecule has 0 bridgehead atoms. The van der Waals surface area contributed by atoms with Crippen molar-refractivity contribution in [2.24, 2.45) is 0 Å². The second-order valence-electron chi connectivity index (χ2n) is 8.47. The Hall–Kier alpha value is 0.348. The average Bonchev–Trinajstić information content (AvgIpc) is 2.64. The molecule has 0 amide bonds. The fourth-order valence-corrected chi connectivity index (χ4v) is 5.68. The van der Waals surface area contributed by atoms with E-state index in [4.69, 9.17) is 40.8 Å². The van der Waals surface area contributed by atoms with Crippen molar-refractivity contribution in [3.8, 4) is 11.5 Å². The average molecular weight is 576 g/mol. The van der Waals surface area contributed by atoms with E-state index in [2.05, 4.69) is 26.2 Å². The molecule has 0 fully saturated rings. The zero-order valence-electron chi connectivity index (χ0n) is 18.8. The monoisotopic (exact) mass is 574 g/mol. The second kappa shape index (κ2) is 16.9. The van der Waals surface area contributed by atoms with Gasteiger partial charge in [-0.15, -0.1) is 0 Å². The van der Waals surface area contributed by atoms with Crippen molar-refractivity contribution in [2.45, 2.75) is 64.0 Å². The van der Waals surface area contributed by atoms with Gasteiger partial charge in [-0.25, -0.2) is 0 Å². The van der Waals surface area contributed by atoms with Crippen LogP contribution in [-0.4, -0.2) is 25.0 Å². The molecule has 0 aliphatic rings. The van der Waals surface area contributed by atoms with Gasteiger partial charge in [-0.1, -0.05) is 75.4 Å². The molecule has 31 heavy (non-hydrogen) atoms. The summed E-state index contributed by atoms with van der Waals surface area (Å²) in [6.45, 7) is 8.61. The quantitative estimate of drug-likeness (QED) is 0.244. The maximum atomic E-state index is 9.52. The SMILES string of the molecule is C[Si](C)(Cl)CCCc1ccccc1O.C[Si](C)(Cl)CCCc1ccccc1O.[Cl][Ti][Cl]. The minimum absolute atomic E-state index is 0.404. The summed E-state index contributed by atoms with van der Waals surface area (Å²) in [7, 11) is 6.90. The molecule has 2 nitrogen and oxygen atoms in total. The molecule has 0 saturated carbocycles. The van der Waals surface area contributed by atoms with Gasteiger partial charge < -0.3 is 10.2 Å². The Labute approximate surface area is 216 Å². The first-order chi connectivity index (χ1) is 14.4. The van der Waals surface area contributed by atoms with Crippen LogP contribution in [-0.2, 0) is 29.9 Å². The van der Waals surface area contributed by atoms with Crippen LogP contribution in [0.1, 0.15) is 24.0 Å². The Kier molecular flexibility index (Phi) is 17.1. The van der Waals surface area contributed by atoms with E-state index in [9.17, 15) is 10.2 Å². The van der Waals surface area contributed by atoms with Gasteiger partial charge in [0.1, 0.15) is 11.5 Å². The first kappa shape index (κ1) is 31.3. The summed E-state index contributed by atoms with van der Waals surface area (Å²) >= 11 is 11.9. The Morgan fingerprint density at radius 2 is 0.968 bits per heavy atom. The number of hydrogen-bond donors (Lipinski definition) is 2. The van der Waals surface area contributed by atoms with E-state index in [1.165, 1.54) is 0 Å². The van der Waals surface area contributed by atoms with Crippen LogP contribution >= 0.6 is 40.8 Å². The van der Waals surface area contributed by atoms with E-state index in [1.54, 1.807) is 12.1 Å². The number of rotatable bonds is 8. The van der Waals surface area contributed by atoms with Crippen molar-refractivity contribution >= 4 is 55.5 Å². The number of aromatic hydroxyl groups is 2. The van der Waals surface area contributed by atoms with Crippen molar-refractivity contribution in [1.82, 2.24) is 0 Å². The molecule has 2 aromatic rings. The van der Waals surface area contributed by atoms with Crippen LogP contribution in [0, 0.1) is 0 Å². The first-order valence-corrected chi connectivity index (χ1v) is 23.0. The van der Waals surface area contributed by atoms with E-state index in [0.29, 0.717) is 11.5 Å². The number of halogens is 4. The van der Waals surface area contributed by atoms with Crippen molar-refractivity contribution in [3.63, 3.8) is 0 Å². The fraction of sp³-hybridized carbons (Fsp3) is 0.455. The molecule has 2 aromatic carbocycles. The minimum atomic E-state index is -1.44. The normalized spacial score (nSPS) is 11.0. The molecule has 0 aromatic heterocycles. The predicted octanol–water partition coefficient (Wildman–Crippen LogP) is 8.91. The van der Waals surface area contributed by atoms with Gasteiger partial charge in [-0.2, -0.15) is 22.2 Å². The van der Waals surface area contributed by atoms with Gasteiger partial charge in [0.05, 0.1) is 0 Å². The van der Waals surface area contributed by atoms with E-state index in [-0.39, 0.29) is 0 Å². The third kappa shape index (κ3) is 18.5. The number of phenolic OH excluding ortho intramolecular Hbond substituents is 2. The molecule has 0 atom stereocenters. The van der Waals surface area contributed by atoms with Crippen molar-refractivity contribution < 1.29 is 27.2 Å². The van der Waals surface area contributed by atoms with Gasteiger partial charge in [0.15, 0.2) is 14.8 Å². The maximum absolute atomic E-state index is 9.52. The van der Waals surface area contributed by atoms with Crippen LogP contribution in [0.3, 0.4) is 0 Å². The molecular formula is C22H34Cl4O2Si2Ti. The molecular weight excluding hydrogens is 542 g/mol. The molecule has 174 valence electrons. The van der Waals surface area contributed by atoms with E-state index >= 15 is 0 Å². The third-order valence-electron chi connectivity index (χ3n) is 4.42. The molecule has 0 saturated heterocycles. The third-order valence-corrected chi connectivity index (χ3v) is 8.64. The van der Waals surface area contributed by atoms with Crippen LogP contribution < -0.4 is 0 Å². The fourth-order valence-electron chi connectivity index (χ4n) is 2.84. The topological polar surface area (TPSA) is 40.5 Å². The summed E-state index contributed by atoms with van der Waals surface area (Å²) in [5.41, 5.74) is 2.06. The zero-order chi connectivity index (χ0) is 23.9. The molecule has 0 aliphatic heterocycles. The number of benzene rings is 2. The summed E-state index contributed by atoms with van der Waals surface area (Å²) in [5.74, 6) is 0.808. The summed E-state index contributed by atoms with van der Waals surface area (Å²) in [6, 6.07) is 17.2. The van der Waals surface area contributed by atoms with E-state index in [0.717, 1.165) is 48.9 Å². The number of phenols is 2.